The van der Waals surface area contributed by atoms with Crippen molar-refractivity contribution in [3.05, 3.63) is 39.2 Å². The molecule has 1 fully saturated rings. The third kappa shape index (κ3) is 5.18. The van der Waals surface area contributed by atoms with E-state index in [1.165, 1.54) is 6.42 Å². The number of aliphatic carboxylic acids is 1. The van der Waals surface area contributed by atoms with Gasteiger partial charge in [-0.2, -0.15) is 0 Å². The molecule has 1 aromatic rings. The number of thioether (sulfide) groups is 1. The highest BCUT2D eigenvalue weighted by molar-refractivity contribution is 9.10. The Morgan fingerprint density at radius 2 is 1.82 bits per heavy atom. The Hall–Kier alpha value is -1.27. The van der Waals surface area contributed by atoms with Crippen LogP contribution in [0.25, 0.3) is 6.08 Å². The van der Waals surface area contributed by atoms with Crippen LogP contribution in [0.4, 0.5) is 0 Å². The molecule has 1 amide bonds. The van der Waals surface area contributed by atoms with Crippen LogP contribution in [-0.2, 0) is 9.59 Å². The lowest BCUT2D eigenvalue weighted by Gasteiger charge is -2.26. The Labute approximate surface area is 142 Å². The van der Waals surface area contributed by atoms with Crippen LogP contribution in [0.1, 0.15) is 24.8 Å². The SMILES string of the molecule is O=C(O)/C(=C\c1ccc(Br)cc1)SCC(=O)N1CCCCC1. The summed E-state index contributed by atoms with van der Waals surface area (Å²) in [6, 6.07) is 7.38. The zero-order chi connectivity index (χ0) is 15.9. The van der Waals surface area contributed by atoms with E-state index in [0.29, 0.717) is 0 Å². The number of carbonyl (C=O) groups excluding carboxylic acids is 1. The summed E-state index contributed by atoms with van der Waals surface area (Å²) >= 11 is 4.43. The summed E-state index contributed by atoms with van der Waals surface area (Å²) in [5.74, 6) is -0.804. The highest BCUT2D eigenvalue weighted by Gasteiger charge is 2.18. The third-order valence-corrected chi connectivity index (χ3v) is 4.96. The molecule has 4 nitrogen and oxygen atoms in total. The third-order valence-electron chi connectivity index (χ3n) is 3.44. The van der Waals surface area contributed by atoms with Crippen molar-refractivity contribution >= 4 is 45.6 Å². The fraction of sp³-hybridized carbons (Fsp3) is 0.375. The minimum absolute atomic E-state index is 0.0210. The van der Waals surface area contributed by atoms with Crippen LogP contribution in [-0.4, -0.2) is 40.7 Å². The van der Waals surface area contributed by atoms with Gasteiger partial charge in [-0.15, -0.1) is 11.8 Å². The molecule has 1 heterocycles. The highest BCUT2D eigenvalue weighted by Crippen LogP contribution is 2.22. The lowest BCUT2D eigenvalue weighted by molar-refractivity contribution is -0.131. The first kappa shape index (κ1) is 17.1. The first-order chi connectivity index (χ1) is 10.6. The quantitative estimate of drug-likeness (QED) is 0.788. The van der Waals surface area contributed by atoms with Gasteiger partial charge in [-0.25, -0.2) is 4.79 Å². The Balaban J connectivity index is 1.98. The Kier molecular flexibility index (Phi) is 6.51. The molecule has 118 valence electrons. The maximum absolute atomic E-state index is 12.1. The van der Waals surface area contributed by atoms with Gasteiger partial charge in [-0.1, -0.05) is 28.1 Å². The van der Waals surface area contributed by atoms with Crippen LogP contribution < -0.4 is 0 Å². The number of piperidine rings is 1. The van der Waals surface area contributed by atoms with E-state index in [1.807, 2.05) is 29.2 Å². The summed E-state index contributed by atoms with van der Waals surface area (Å²) in [6.45, 7) is 1.58. The monoisotopic (exact) mass is 383 g/mol. The van der Waals surface area contributed by atoms with E-state index in [0.717, 1.165) is 47.7 Å². The number of hydrogen-bond acceptors (Lipinski definition) is 3. The van der Waals surface area contributed by atoms with Crippen molar-refractivity contribution in [1.82, 2.24) is 4.90 Å². The van der Waals surface area contributed by atoms with Gasteiger partial charge in [-0.05, 0) is 43.0 Å². The van der Waals surface area contributed by atoms with E-state index >= 15 is 0 Å². The highest BCUT2D eigenvalue weighted by atomic mass is 79.9. The minimum atomic E-state index is -1.00. The van der Waals surface area contributed by atoms with Crippen LogP contribution in [0.2, 0.25) is 0 Å². The van der Waals surface area contributed by atoms with Crippen LogP contribution >= 0.6 is 27.7 Å². The number of nitrogens with zero attached hydrogens (tertiary/aromatic N) is 1. The maximum Gasteiger partial charge on any atom is 0.342 e. The fourth-order valence-electron chi connectivity index (χ4n) is 2.25. The summed E-state index contributed by atoms with van der Waals surface area (Å²) in [6.07, 6.45) is 4.84. The molecule has 22 heavy (non-hydrogen) atoms. The standard InChI is InChI=1S/C16H18BrNO3S/c17-13-6-4-12(5-7-13)10-14(16(20)21)22-11-15(19)18-8-2-1-3-9-18/h4-7,10H,1-3,8-9,11H2,(H,20,21)/b14-10+. The molecule has 0 aliphatic carbocycles. The topological polar surface area (TPSA) is 57.6 Å². The van der Waals surface area contributed by atoms with Gasteiger partial charge in [0.05, 0.1) is 10.7 Å². The van der Waals surface area contributed by atoms with Crippen molar-refractivity contribution in [3.63, 3.8) is 0 Å². The van der Waals surface area contributed by atoms with Crippen molar-refractivity contribution in [2.75, 3.05) is 18.8 Å². The van der Waals surface area contributed by atoms with Crippen molar-refractivity contribution in [1.29, 1.82) is 0 Å². The molecule has 0 saturated carbocycles. The van der Waals surface area contributed by atoms with Crippen molar-refractivity contribution in [3.8, 4) is 0 Å². The first-order valence-corrected chi connectivity index (χ1v) is 8.95. The Bertz CT molecular complexity index is 565. The van der Waals surface area contributed by atoms with Crippen LogP contribution in [0.15, 0.2) is 33.6 Å². The number of carboxylic acids is 1. The van der Waals surface area contributed by atoms with Crippen molar-refractivity contribution in [2.24, 2.45) is 0 Å². The van der Waals surface area contributed by atoms with E-state index in [9.17, 15) is 14.7 Å². The molecule has 0 radical (unpaired) electrons. The molecule has 0 aromatic heterocycles. The molecule has 0 unspecified atom stereocenters. The number of amides is 1. The second-order valence-electron chi connectivity index (χ2n) is 5.10. The lowest BCUT2D eigenvalue weighted by Crippen LogP contribution is -2.36. The van der Waals surface area contributed by atoms with E-state index < -0.39 is 5.97 Å². The molecular formula is C16H18BrNO3S. The van der Waals surface area contributed by atoms with Crippen molar-refractivity contribution in [2.45, 2.75) is 19.3 Å². The largest absolute Gasteiger partial charge is 0.477 e. The second kappa shape index (κ2) is 8.39. The zero-order valence-corrected chi connectivity index (χ0v) is 14.5. The molecule has 1 aliphatic heterocycles. The predicted octanol–water partition coefficient (Wildman–Crippen LogP) is 3.62. The average molecular weight is 384 g/mol. The Morgan fingerprint density at radius 1 is 1.18 bits per heavy atom. The van der Waals surface area contributed by atoms with Crippen LogP contribution in [0.3, 0.4) is 0 Å². The van der Waals surface area contributed by atoms with E-state index in [2.05, 4.69) is 15.9 Å². The molecule has 6 heteroatoms. The van der Waals surface area contributed by atoms with E-state index in [-0.39, 0.29) is 16.6 Å². The molecule has 1 aromatic carbocycles. The smallest absolute Gasteiger partial charge is 0.342 e. The average Bonchev–Trinajstić information content (AvgIpc) is 2.53. The van der Waals surface area contributed by atoms with Gasteiger partial charge >= 0.3 is 5.97 Å². The summed E-state index contributed by atoms with van der Waals surface area (Å²) in [4.78, 5) is 25.5. The van der Waals surface area contributed by atoms with Crippen molar-refractivity contribution < 1.29 is 14.7 Å². The molecule has 1 N–H and O–H groups in total. The summed E-state index contributed by atoms with van der Waals surface area (Å²) in [7, 11) is 0. The Morgan fingerprint density at radius 3 is 2.41 bits per heavy atom. The summed E-state index contributed by atoms with van der Waals surface area (Å²) in [5.41, 5.74) is 0.804. The van der Waals surface area contributed by atoms with Gasteiger partial charge in [0.2, 0.25) is 5.91 Å². The normalized spacial score (nSPS) is 15.7. The van der Waals surface area contributed by atoms with Crippen LogP contribution in [0.5, 0.6) is 0 Å². The number of carboxylic acid groups (broad SMARTS) is 1. The molecule has 2 rings (SSSR count). The summed E-state index contributed by atoms with van der Waals surface area (Å²) < 4.78 is 0.939. The molecule has 0 bridgehead atoms. The number of hydrogen-bond donors (Lipinski definition) is 1. The number of likely N-dealkylation sites (tertiary alicyclic amines) is 1. The zero-order valence-electron chi connectivity index (χ0n) is 12.1. The summed E-state index contributed by atoms with van der Waals surface area (Å²) in [5, 5.41) is 9.29. The van der Waals surface area contributed by atoms with Gasteiger partial charge in [-0.3, -0.25) is 4.79 Å². The van der Waals surface area contributed by atoms with E-state index in [4.69, 9.17) is 0 Å². The molecular weight excluding hydrogens is 366 g/mol. The first-order valence-electron chi connectivity index (χ1n) is 7.17. The van der Waals surface area contributed by atoms with Gasteiger partial charge in [0, 0.05) is 17.6 Å². The number of benzene rings is 1. The van der Waals surface area contributed by atoms with Crippen LogP contribution in [0, 0.1) is 0 Å². The fourth-order valence-corrected chi connectivity index (χ4v) is 3.32. The minimum Gasteiger partial charge on any atom is -0.477 e. The van der Waals surface area contributed by atoms with Gasteiger partial charge in [0.25, 0.3) is 0 Å². The number of halogens is 1. The molecule has 1 saturated heterocycles. The predicted molar refractivity (Wildman–Crippen MR) is 92.6 cm³/mol. The number of rotatable bonds is 5. The maximum atomic E-state index is 12.1. The lowest BCUT2D eigenvalue weighted by atomic mass is 10.1. The van der Waals surface area contributed by atoms with Gasteiger partial charge in [0.15, 0.2) is 0 Å². The van der Waals surface area contributed by atoms with Gasteiger partial charge < -0.3 is 10.0 Å². The second-order valence-corrected chi connectivity index (χ2v) is 7.03. The molecule has 0 spiro atoms. The molecule has 0 atom stereocenters. The number of carbonyl (C=O) groups is 2. The van der Waals surface area contributed by atoms with E-state index in [1.54, 1.807) is 6.08 Å². The molecule has 1 aliphatic rings. The van der Waals surface area contributed by atoms with Gasteiger partial charge in [0.1, 0.15) is 0 Å².